The summed E-state index contributed by atoms with van der Waals surface area (Å²) in [4.78, 5) is 58.2. The summed E-state index contributed by atoms with van der Waals surface area (Å²) in [6.45, 7) is 9.03. The van der Waals surface area contributed by atoms with Crippen LogP contribution in [0.2, 0.25) is 0 Å². The van der Waals surface area contributed by atoms with Crippen molar-refractivity contribution >= 4 is 17.9 Å². The smallest absolute Gasteiger partial charge is 0.407 e. The first-order chi connectivity index (χ1) is 25.0. The molecule has 4 aromatic rings. The summed E-state index contributed by atoms with van der Waals surface area (Å²) in [5, 5.41) is 2.69. The number of ether oxygens (including phenoxy) is 1. The van der Waals surface area contributed by atoms with Gasteiger partial charge >= 0.3 is 6.09 Å². The van der Waals surface area contributed by atoms with E-state index in [-0.39, 0.29) is 35.7 Å². The predicted octanol–water partition coefficient (Wildman–Crippen LogP) is 5.56. The number of likely N-dealkylation sites (tertiary alicyclic amines) is 2. The Morgan fingerprint density at radius 3 is 1.65 bits per heavy atom. The molecule has 12 nitrogen and oxygen atoms in total. The number of imidazole rings is 2. The third-order valence-corrected chi connectivity index (χ3v) is 10.0. The van der Waals surface area contributed by atoms with Gasteiger partial charge in [0.25, 0.3) is 0 Å². The number of hydrogen-bond acceptors (Lipinski definition) is 7. The quantitative estimate of drug-likeness (QED) is 0.166. The molecule has 12 heteroatoms. The molecule has 4 atom stereocenters. The van der Waals surface area contributed by atoms with Gasteiger partial charge in [0.1, 0.15) is 17.7 Å². The van der Waals surface area contributed by atoms with E-state index in [1.807, 2.05) is 87.3 Å². The van der Waals surface area contributed by atoms with Gasteiger partial charge in [0.05, 0.1) is 49.0 Å². The standard InChI is InChI=1S/C40H48N8O4/c1-24(2)34(41)38(49)47-20-6-8-32(47)36-42-22-30(44-36)28-16-12-26(13-17-28)10-11-27-14-18-29(19-15-27)31-23-43-37(45-31)33-9-7-21-48(33)39(50)35(25(3)4)46-40(51)52-5/h12-19,22-25,32-35H,6-9,20-21,41H2,1-5H3,(H,42,44)(H,43,45)(H,46,51)/t32-,33-,34+,35+/m0/s1. The molecule has 0 aliphatic carbocycles. The molecule has 2 aromatic heterocycles. The van der Waals surface area contributed by atoms with Crippen molar-refractivity contribution in [3.8, 4) is 34.4 Å². The molecule has 272 valence electrons. The Morgan fingerprint density at radius 2 is 1.23 bits per heavy atom. The van der Waals surface area contributed by atoms with Crippen LogP contribution in [0.15, 0.2) is 60.9 Å². The maximum absolute atomic E-state index is 13.5. The molecule has 3 amide bonds. The van der Waals surface area contributed by atoms with Crippen LogP contribution in [0.5, 0.6) is 0 Å². The SMILES string of the molecule is COC(=O)N[C@@H](C(=O)N1CCC[C@H]1c1ncc(-c2ccc(C#Cc3ccc(-c4cnc([C@@H]5CCCN5C(=O)[C@H](N)C(C)C)[nH]4)cc3)cc2)[nH]1)C(C)C. The number of aromatic amines is 2. The minimum Gasteiger partial charge on any atom is -0.453 e. The minimum atomic E-state index is -0.680. The maximum Gasteiger partial charge on any atom is 0.407 e. The normalized spacial score (nSPS) is 18.3. The number of aromatic nitrogens is 4. The number of methoxy groups -OCH3 is 1. The fourth-order valence-electron chi connectivity index (χ4n) is 6.90. The Morgan fingerprint density at radius 1 is 0.769 bits per heavy atom. The molecule has 0 bridgehead atoms. The van der Waals surface area contributed by atoms with Gasteiger partial charge in [0, 0.05) is 24.2 Å². The molecule has 0 radical (unpaired) electrons. The average Bonchev–Trinajstić information content (AvgIpc) is 3.99. The first-order valence-electron chi connectivity index (χ1n) is 18.1. The van der Waals surface area contributed by atoms with E-state index in [0.29, 0.717) is 13.1 Å². The summed E-state index contributed by atoms with van der Waals surface area (Å²) in [5.74, 6) is 7.84. The number of nitrogens with one attached hydrogen (secondary N) is 3. The van der Waals surface area contributed by atoms with Crippen LogP contribution >= 0.6 is 0 Å². The van der Waals surface area contributed by atoms with E-state index in [9.17, 15) is 14.4 Å². The zero-order valence-electron chi connectivity index (χ0n) is 30.5. The summed E-state index contributed by atoms with van der Waals surface area (Å²) >= 11 is 0. The average molecular weight is 705 g/mol. The number of carbonyl (C=O) groups excluding carboxylic acids is 3. The summed E-state index contributed by atoms with van der Waals surface area (Å²) < 4.78 is 4.74. The van der Waals surface area contributed by atoms with Crippen molar-refractivity contribution in [3.63, 3.8) is 0 Å². The van der Waals surface area contributed by atoms with Crippen molar-refractivity contribution in [2.75, 3.05) is 20.2 Å². The van der Waals surface area contributed by atoms with Crippen LogP contribution in [-0.4, -0.2) is 79.9 Å². The van der Waals surface area contributed by atoms with E-state index >= 15 is 0 Å². The fourth-order valence-corrected chi connectivity index (χ4v) is 6.90. The molecule has 0 unspecified atom stereocenters. The van der Waals surface area contributed by atoms with Gasteiger partial charge in [-0.05, 0) is 72.9 Å². The van der Waals surface area contributed by atoms with E-state index in [4.69, 9.17) is 10.5 Å². The van der Waals surface area contributed by atoms with E-state index in [1.54, 1.807) is 11.1 Å². The van der Waals surface area contributed by atoms with Crippen LogP contribution in [0.1, 0.15) is 88.2 Å². The second-order valence-corrected chi connectivity index (χ2v) is 14.3. The molecule has 2 aliphatic heterocycles. The highest BCUT2D eigenvalue weighted by molar-refractivity contribution is 5.86. The number of benzene rings is 2. The Bertz CT molecular complexity index is 1940. The highest BCUT2D eigenvalue weighted by Crippen LogP contribution is 2.34. The van der Waals surface area contributed by atoms with Gasteiger partial charge in [-0.3, -0.25) is 9.59 Å². The molecule has 4 heterocycles. The van der Waals surface area contributed by atoms with Gasteiger partial charge in [0.15, 0.2) is 0 Å². The lowest BCUT2D eigenvalue weighted by molar-refractivity contribution is -0.136. The maximum atomic E-state index is 13.5. The van der Waals surface area contributed by atoms with Crippen LogP contribution in [0.3, 0.4) is 0 Å². The first kappa shape index (κ1) is 36.4. The highest BCUT2D eigenvalue weighted by Gasteiger charge is 2.38. The number of hydrogen-bond donors (Lipinski definition) is 4. The molecule has 2 saturated heterocycles. The topological polar surface area (TPSA) is 162 Å². The lowest BCUT2D eigenvalue weighted by Crippen LogP contribution is -2.51. The summed E-state index contributed by atoms with van der Waals surface area (Å²) in [6, 6.07) is 14.5. The minimum absolute atomic E-state index is 0.0164. The van der Waals surface area contributed by atoms with Crippen LogP contribution < -0.4 is 11.1 Å². The Hall–Kier alpha value is -5.41. The number of nitrogens with two attached hydrogens (primary N) is 1. The number of carbonyl (C=O) groups is 3. The lowest BCUT2D eigenvalue weighted by atomic mass is 10.0. The van der Waals surface area contributed by atoms with Gasteiger partial charge in [0.2, 0.25) is 11.8 Å². The predicted molar refractivity (Wildman–Crippen MR) is 198 cm³/mol. The Balaban J connectivity index is 1.08. The monoisotopic (exact) mass is 704 g/mol. The molecular weight excluding hydrogens is 656 g/mol. The first-order valence-corrected chi connectivity index (χ1v) is 18.1. The van der Waals surface area contributed by atoms with Gasteiger partial charge < -0.3 is 35.6 Å². The number of H-pyrrole nitrogens is 2. The molecule has 52 heavy (non-hydrogen) atoms. The number of nitrogens with zero attached hydrogens (tertiary/aromatic N) is 4. The molecule has 2 aromatic carbocycles. The van der Waals surface area contributed by atoms with Gasteiger partial charge in [-0.2, -0.15) is 0 Å². The molecule has 2 aliphatic rings. The molecule has 5 N–H and O–H groups in total. The summed E-state index contributed by atoms with van der Waals surface area (Å²) in [5.41, 5.74) is 11.6. The zero-order valence-corrected chi connectivity index (χ0v) is 30.5. The van der Waals surface area contributed by atoms with Crippen molar-refractivity contribution in [1.82, 2.24) is 35.1 Å². The van der Waals surface area contributed by atoms with Gasteiger partial charge in [-0.25, -0.2) is 14.8 Å². The second kappa shape index (κ2) is 15.9. The van der Waals surface area contributed by atoms with E-state index in [1.165, 1.54) is 7.11 Å². The van der Waals surface area contributed by atoms with Crippen LogP contribution in [-0.2, 0) is 14.3 Å². The largest absolute Gasteiger partial charge is 0.453 e. The third-order valence-electron chi connectivity index (χ3n) is 10.0. The number of amides is 3. The number of alkyl carbamates (subject to hydrolysis) is 1. The van der Waals surface area contributed by atoms with Crippen molar-refractivity contribution < 1.29 is 19.1 Å². The molecule has 0 spiro atoms. The van der Waals surface area contributed by atoms with Crippen LogP contribution in [0.25, 0.3) is 22.5 Å². The lowest BCUT2D eigenvalue weighted by Gasteiger charge is -2.30. The van der Waals surface area contributed by atoms with Gasteiger partial charge in [-0.15, -0.1) is 0 Å². The van der Waals surface area contributed by atoms with Crippen molar-refractivity contribution in [2.24, 2.45) is 17.6 Å². The Kier molecular flexibility index (Phi) is 11.1. The van der Waals surface area contributed by atoms with Crippen molar-refractivity contribution in [2.45, 2.75) is 77.5 Å². The Labute approximate surface area is 304 Å². The van der Waals surface area contributed by atoms with Crippen LogP contribution in [0, 0.1) is 23.7 Å². The van der Waals surface area contributed by atoms with Crippen molar-refractivity contribution in [1.29, 1.82) is 0 Å². The number of rotatable bonds is 9. The third kappa shape index (κ3) is 7.90. The van der Waals surface area contributed by atoms with Crippen molar-refractivity contribution in [3.05, 3.63) is 83.7 Å². The van der Waals surface area contributed by atoms with Crippen LogP contribution in [0.4, 0.5) is 4.79 Å². The van der Waals surface area contributed by atoms with Gasteiger partial charge in [-0.1, -0.05) is 63.8 Å². The summed E-state index contributed by atoms with van der Waals surface area (Å²) in [6.07, 6.45) is 6.42. The molecular formula is C40H48N8O4. The molecule has 0 saturated carbocycles. The van der Waals surface area contributed by atoms with E-state index in [2.05, 4.69) is 37.1 Å². The zero-order chi connectivity index (χ0) is 36.9. The van der Waals surface area contributed by atoms with E-state index in [0.717, 1.165) is 71.0 Å². The molecule has 2 fully saturated rings. The fraction of sp³-hybridized carbons (Fsp3) is 0.425. The second-order valence-electron chi connectivity index (χ2n) is 14.3. The molecule has 6 rings (SSSR count). The van der Waals surface area contributed by atoms with E-state index < -0.39 is 18.2 Å². The summed E-state index contributed by atoms with van der Waals surface area (Å²) in [7, 11) is 1.29. The highest BCUT2D eigenvalue weighted by atomic mass is 16.5.